The van der Waals surface area contributed by atoms with Gasteiger partial charge in [0.25, 0.3) is 0 Å². The number of hydrogen-bond acceptors (Lipinski definition) is 3. The number of rotatable bonds is 4. The van der Waals surface area contributed by atoms with Gasteiger partial charge in [0.1, 0.15) is 5.75 Å². The molecule has 1 aliphatic rings. The van der Waals surface area contributed by atoms with Crippen LogP contribution in [0.3, 0.4) is 0 Å². The highest BCUT2D eigenvalue weighted by molar-refractivity contribution is 5.77. The largest absolute Gasteiger partial charge is 0.573 e. The van der Waals surface area contributed by atoms with E-state index in [1.165, 1.54) is 12.1 Å². The summed E-state index contributed by atoms with van der Waals surface area (Å²) in [5.74, 6) is -0.312. The Hall–Kier alpha value is -1.76. The average molecular weight is 330 g/mol. The molecule has 1 aromatic rings. The first-order valence-electron chi connectivity index (χ1n) is 7.65. The van der Waals surface area contributed by atoms with Gasteiger partial charge in [0.2, 0.25) is 5.91 Å². The number of hydrogen-bond donors (Lipinski definition) is 1. The predicted molar refractivity (Wildman–Crippen MR) is 79.8 cm³/mol. The lowest BCUT2D eigenvalue weighted by Crippen LogP contribution is -2.48. The molecule has 1 aliphatic heterocycles. The van der Waals surface area contributed by atoms with Crippen molar-refractivity contribution in [3.05, 3.63) is 29.8 Å². The van der Waals surface area contributed by atoms with Gasteiger partial charge in [0, 0.05) is 25.0 Å². The molecule has 0 radical (unpaired) electrons. The third-order valence-electron chi connectivity index (χ3n) is 4.04. The van der Waals surface area contributed by atoms with Crippen LogP contribution in [-0.4, -0.2) is 35.8 Å². The lowest BCUT2D eigenvalue weighted by atomic mass is 9.98. The minimum Gasteiger partial charge on any atom is -0.406 e. The van der Waals surface area contributed by atoms with Crippen molar-refractivity contribution in [3.63, 3.8) is 0 Å². The van der Waals surface area contributed by atoms with Gasteiger partial charge in [-0.25, -0.2) is 0 Å². The van der Waals surface area contributed by atoms with Gasteiger partial charge in [-0.2, -0.15) is 0 Å². The fourth-order valence-electron chi connectivity index (χ4n) is 2.90. The molecule has 0 unspecified atom stereocenters. The monoisotopic (exact) mass is 330 g/mol. The molecule has 0 bridgehead atoms. The number of alkyl halides is 3. The summed E-state index contributed by atoms with van der Waals surface area (Å²) in [6.45, 7) is 2.54. The molecule has 23 heavy (non-hydrogen) atoms. The van der Waals surface area contributed by atoms with Crippen molar-refractivity contribution in [1.82, 2.24) is 4.90 Å². The van der Waals surface area contributed by atoms with Crippen molar-refractivity contribution in [1.29, 1.82) is 0 Å². The van der Waals surface area contributed by atoms with E-state index in [4.69, 9.17) is 5.73 Å². The maximum absolute atomic E-state index is 12.4. The van der Waals surface area contributed by atoms with Crippen LogP contribution >= 0.6 is 0 Å². The highest BCUT2D eigenvalue weighted by Gasteiger charge is 2.32. The van der Waals surface area contributed by atoms with Crippen molar-refractivity contribution in [2.24, 2.45) is 5.73 Å². The van der Waals surface area contributed by atoms with Crippen LogP contribution in [0.4, 0.5) is 13.2 Å². The molecule has 0 aromatic heterocycles. The Balaban J connectivity index is 1.97. The van der Waals surface area contributed by atoms with Crippen molar-refractivity contribution >= 4 is 5.91 Å². The Morgan fingerprint density at radius 1 is 1.39 bits per heavy atom. The number of halogens is 3. The second-order valence-corrected chi connectivity index (χ2v) is 5.88. The number of amides is 1. The Morgan fingerprint density at radius 3 is 2.74 bits per heavy atom. The van der Waals surface area contributed by atoms with Gasteiger partial charge in [-0.1, -0.05) is 18.2 Å². The number of nitrogens with two attached hydrogens (primary N) is 1. The van der Waals surface area contributed by atoms with Crippen molar-refractivity contribution in [2.75, 3.05) is 6.54 Å². The molecule has 1 amide bonds. The van der Waals surface area contributed by atoms with E-state index in [1.54, 1.807) is 17.0 Å². The zero-order valence-electron chi connectivity index (χ0n) is 13.0. The quantitative estimate of drug-likeness (QED) is 0.923. The molecule has 1 aromatic carbocycles. The van der Waals surface area contributed by atoms with Gasteiger partial charge < -0.3 is 15.4 Å². The number of nitrogens with zero attached hydrogens (tertiary/aromatic N) is 1. The summed E-state index contributed by atoms with van der Waals surface area (Å²) < 4.78 is 41.2. The van der Waals surface area contributed by atoms with Gasteiger partial charge in [0.15, 0.2) is 0 Å². The molecule has 2 N–H and O–H groups in total. The first-order chi connectivity index (χ1) is 10.8. The molecule has 0 saturated carbocycles. The van der Waals surface area contributed by atoms with Crippen molar-refractivity contribution in [2.45, 2.75) is 51.1 Å². The van der Waals surface area contributed by atoms with E-state index < -0.39 is 6.36 Å². The van der Waals surface area contributed by atoms with Crippen LogP contribution in [0.25, 0.3) is 0 Å². The second-order valence-electron chi connectivity index (χ2n) is 5.88. The second kappa shape index (κ2) is 7.21. The summed E-state index contributed by atoms with van der Waals surface area (Å²) in [6.07, 6.45) is -2.88. The first-order valence-corrected chi connectivity index (χ1v) is 7.65. The van der Waals surface area contributed by atoms with Crippen LogP contribution in [0, 0.1) is 0 Å². The molecular weight excluding hydrogens is 309 g/mol. The minimum atomic E-state index is -4.74. The average Bonchev–Trinajstić information content (AvgIpc) is 2.44. The molecule has 2 rings (SSSR count). The minimum absolute atomic E-state index is 0.0629. The van der Waals surface area contributed by atoms with E-state index in [2.05, 4.69) is 4.74 Å². The summed E-state index contributed by atoms with van der Waals surface area (Å²) >= 11 is 0. The van der Waals surface area contributed by atoms with Gasteiger partial charge in [0.05, 0.1) is 0 Å². The van der Waals surface area contributed by atoms with Gasteiger partial charge in [-0.15, -0.1) is 13.2 Å². The van der Waals surface area contributed by atoms with Crippen LogP contribution < -0.4 is 10.5 Å². The predicted octanol–water partition coefficient (Wildman–Crippen LogP) is 2.86. The maximum atomic E-state index is 12.4. The summed E-state index contributed by atoms with van der Waals surface area (Å²) in [7, 11) is 0. The molecule has 1 heterocycles. The number of ether oxygens (including phenoxy) is 1. The zero-order valence-corrected chi connectivity index (χ0v) is 13.0. The molecule has 7 heteroatoms. The molecule has 128 valence electrons. The number of para-hydroxylation sites is 1. The maximum Gasteiger partial charge on any atom is 0.573 e. The van der Waals surface area contributed by atoms with E-state index in [-0.39, 0.29) is 36.6 Å². The SMILES string of the molecule is C[C@H]1C[C@@H](N)CCN1C(=O)CCc1ccccc1OC(F)(F)F. The summed E-state index contributed by atoms with van der Waals surface area (Å²) in [6, 6.07) is 6.08. The van der Waals surface area contributed by atoms with E-state index in [0.717, 1.165) is 12.8 Å². The topological polar surface area (TPSA) is 55.6 Å². The first kappa shape index (κ1) is 17.6. The fraction of sp³-hybridized carbons (Fsp3) is 0.562. The van der Waals surface area contributed by atoms with Crippen molar-refractivity contribution < 1.29 is 22.7 Å². The van der Waals surface area contributed by atoms with Gasteiger partial charge in [-0.05, 0) is 37.8 Å². The van der Waals surface area contributed by atoms with Gasteiger partial charge in [-0.3, -0.25) is 4.79 Å². The Bertz CT molecular complexity index is 548. The number of piperidine rings is 1. The summed E-state index contributed by atoms with van der Waals surface area (Å²) in [4.78, 5) is 14.1. The van der Waals surface area contributed by atoms with E-state index in [9.17, 15) is 18.0 Å². The third kappa shape index (κ3) is 5.13. The smallest absolute Gasteiger partial charge is 0.406 e. The van der Waals surface area contributed by atoms with E-state index >= 15 is 0 Å². The molecular formula is C16H21F3N2O2. The zero-order chi connectivity index (χ0) is 17.0. The molecule has 1 saturated heterocycles. The number of benzene rings is 1. The Labute approximate surface area is 133 Å². The highest BCUT2D eigenvalue weighted by atomic mass is 19.4. The Morgan fingerprint density at radius 2 is 2.09 bits per heavy atom. The molecule has 0 spiro atoms. The van der Waals surface area contributed by atoms with E-state index in [0.29, 0.717) is 12.1 Å². The van der Waals surface area contributed by atoms with E-state index in [1.807, 2.05) is 6.92 Å². The molecule has 1 fully saturated rings. The van der Waals surface area contributed by atoms with Crippen LogP contribution in [-0.2, 0) is 11.2 Å². The van der Waals surface area contributed by atoms with Crippen LogP contribution in [0.5, 0.6) is 5.75 Å². The van der Waals surface area contributed by atoms with Crippen LogP contribution in [0.2, 0.25) is 0 Å². The highest BCUT2D eigenvalue weighted by Crippen LogP contribution is 2.27. The summed E-state index contributed by atoms with van der Waals surface area (Å²) in [5, 5.41) is 0. The lowest BCUT2D eigenvalue weighted by molar-refractivity contribution is -0.274. The lowest BCUT2D eigenvalue weighted by Gasteiger charge is -2.36. The summed E-state index contributed by atoms with van der Waals surface area (Å²) in [5.41, 5.74) is 6.24. The number of aryl methyl sites for hydroxylation is 1. The number of likely N-dealkylation sites (tertiary alicyclic amines) is 1. The Kier molecular flexibility index (Phi) is 5.51. The molecule has 0 aliphatic carbocycles. The van der Waals surface area contributed by atoms with Crippen molar-refractivity contribution in [3.8, 4) is 5.75 Å². The van der Waals surface area contributed by atoms with Gasteiger partial charge >= 0.3 is 6.36 Å². The third-order valence-corrected chi connectivity index (χ3v) is 4.04. The molecule has 4 nitrogen and oxygen atoms in total. The van der Waals surface area contributed by atoms with Crippen LogP contribution in [0.15, 0.2) is 24.3 Å². The standard InChI is InChI=1S/C16H21F3N2O2/c1-11-10-13(20)8-9-21(11)15(22)7-6-12-4-2-3-5-14(12)23-16(17,18)19/h2-5,11,13H,6-10,20H2,1H3/t11-,13-/m0/s1. The number of carbonyl (C=O) groups excluding carboxylic acids is 1. The number of carbonyl (C=O) groups is 1. The normalized spacial score (nSPS) is 22.0. The molecule has 2 atom stereocenters. The fourth-order valence-corrected chi connectivity index (χ4v) is 2.90. The van der Waals surface area contributed by atoms with Crippen LogP contribution in [0.1, 0.15) is 31.7 Å².